The second-order valence-corrected chi connectivity index (χ2v) is 5.94. The fraction of sp³-hybridized carbons (Fsp3) is 0.625. The van der Waals surface area contributed by atoms with Gasteiger partial charge in [-0.05, 0) is 36.3 Å². The molecule has 1 aromatic carbocycles. The second kappa shape index (κ2) is 4.45. The molecule has 2 aliphatic rings. The monoisotopic (exact) mass is 229 g/mol. The van der Waals surface area contributed by atoms with Gasteiger partial charge < -0.3 is 5.32 Å². The lowest BCUT2D eigenvalue weighted by Crippen LogP contribution is -2.50. The van der Waals surface area contributed by atoms with E-state index in [1.165, 1.54) is 44.1 Å². The molecule has 1 heteroatoms. The van der Waals surface area contributed by atoms with Crippen molar-refractivity contribution in [2.45, 2.75) is 57.5 Å². The van der Waals surface area contributed by atoms with Crippen LogP contribution in [0.15, 0.2) is 24.3 Å². The van der Waals surface area contributed by atoms with Crippen molar-refractivity contribution in [2.75, 3.05) is 0 Å². The van der Waals surface area contributed by atoms with Crippen molar-refractivity contribution in [3.05, 3.63) is 35.4 Å². The van der Waals surface area contributed by atoms with Crippen LogP contribution in [0, 0.1) is 5.92 Å². The third kappa shape index (κ3) is 2.01. The molecule has 1 atom stereocenters. The molecule has 0 aromatic heterocycles. The van der Waals surface area contributed by atoms with Gasteiger partial charge in [-0.2, -0.15) is 0 Å². The average Bonchev–Trinajstić information content (AvgIpc) is 2.50. The molecule has 0 bridgehead atoms. The van der Waals surface area contributed by atoms with Crippen LogP contribution in [0.1, 0.15) is 50.2 Å². The normalized spacial score (nSPS) is 27.5. The first-order chi connectivity index (χ1) is 8.30. The van der Waals surface area contributed by atoms with Crippen LogP contribution in [0.25, 0.3) is 0 Å². The van der Waals surface area contributed by atoms with Crippen LogP contribution in [-0.4, -0.2) is 5.54 Å². The quantitative estimate of drug-likeness (QED) is 0.715. The van der Waals surface area contributed by atoms with Gasteiger partial charge in [-0.15, -0.1) is 0 Å². The van der Waals surface area contributed by atoms with E-state index in [0.717, 1.165) is 12.5 Å². The van der Waals surface area contributed by atoms with Gasteiger partial charge in [0.1, 0.15) is 0 Å². The van der Waals surface area contributed by atoms with Gasteiger partial charge in [0.2, 0.25) is 0 Å². The molecule has 1 aliphatic heterocycles. The molecule has 1 fully saturated rings. The summed E-state index contributed by atoms with van der Waals surface area (Å²) in [6.07, 6.45) is 8.26. The zero-order valence-electron chi connectivity index (χ0n) is 10.8. The van der Waals surface area contributed by atoms with E-state index >= 15 is 0 Å². The Kier molecular flexibility index (Phi) is 2.96. The molecule has 1 aromatic rings. The van der Waals surface area contributed by atoms with Crippen LogP contribution in [-0.2, 0) is 13.0 Å². The lowest BCUT2D eigenvalue weighted by atomic mass is 9.72. The average molecular weight is 229 g/mol. The summed E-state index contributed by atoms with van der Waals surface area (Å²) < 4.78 is 0. The molecule has 0 radical (unpaired) electrons. The molecule has 0 amide bonds. The Balaban J connectivity index is 1.88. The van der Waals surface area contributed by atoms with Crippen molar-refractivity contribution < 1.29 is 0 Å². The van der Waals surface area contributed by atoms with Gasteiger partial charge in [0, 0.05) is 12.1 Å². The predicted octanol–water partition coefficient (Wildman–Crippen LogP) is 3.67. The van der Waals surface area contributed by atoms with Gasteiger partial charge in [-0.3, -0.25) is 0 Å². The van der Waals surface area contributed by atoms with Crippen LogP contribution >= 0.6 is 0 Å². The van der Waals surface area contributed by atoms with E-state index in [2.05, 4.69) is 36.5 Å². The van der Waals surface area contributed by atoms with Gasteiger partial charge >= 0.3 is 0 Å². The summed E-state index contributed by atoms with van der Waals surface area (Å²) in [5.41, 5.74) is 3.51. The van der Waals surface area contributed by atoms with Crippen molar-refractivity contribution in [3.63, 3.8) is 0 Å². The fourth-order valence-corrected chi connectivity index (χ4v) is 3.75. The molecule has 3 rings (SSSR count). The minimum absolute atomic E-state index is 0.428. The smallest absolute Gasteiger partial charge is 0.0213 e. The molecule has 1 aliphatic carbocycles. The van der Waals surface area contributed by atoms with Crippen LogP contribution in [0.4, 0.5) is 0 Å². The molecule has 1 saturated carbocycles. The fourth-order valence-electron chi connectivity index (χ4n) is 3.75. The Bertz CT molecular complexity index is 390. The Labute approximate surface area is 105 Å². The number of rotatable bonds is 0. The van der Waals surface area contributed by atoms with Crippen molar-refractivity contribution in [2.24, 2.45) is 5.92 Å². The molecule has 17 heavy (non-hydrogen) atoms. The summed E-state index contributed by atoms with van der Waals surface area (Å²) >= 11 is 0. The molecule has 1 N–H and O–H groups in total. The summed E-state index contributed by atoms with van der Waals surface area (Å²) in [4.78, 5) is 0. The second-order valence-electron chi connectivity index (χ2n) is 5.94. The van der Waals surface area contributed by atoms with Gasteiger partial charge in [0.25, 0.3) is 0 Å². The summed E-state index contributed by atoms with van der Waals surface area (Å²) in [6, 6.07) is 8.96. The summed E-state index contributed by atoms with van der Waals surface area (Å²) in [5, 5.41) is 3.90. The van der Waals surface area contributed by atoms with Crippen molar-refractivity contribution in [1.29, 1.82) is 0 Å². The van der Waals surface area contributed by atoms with Crippen LogP contribution in [0.5, 0.6) is 0 Å². The van der Waals surface area contributed by atoms with Gasteiger partial charge in [0.05, 0.1) is 0 Å². The van der Waals surface area contributed by atoms with E-state index in [1.54, 1.807) is 5.56 Å². The van der Waals surface area contributed by atoms with Crippen LogP contribution < -0.4 is 5.32 Å². The minimum Gasteiger partial charge on any atom is -0.307 e. The van der Waals surface area contributed by atoms with E-state index in [9.17, 15) is 0 Å². The number of hydrogen-bond donors (Lipinski definition) is 1. The molecular weight excluding hydrogens is 206 g/mol. The Morgan fingerprint density at radius 2 is 1.76 bits per heavy atom. The number of fused-ring (bicyclic) bond motifs is 1. The molecule has 1 spiro atoms. The molecule has 92 valence electrons. The van der Waals surface area contributed by atoms with Crippen molar-refractivity contribution in [1.82, 2.24) is 5.32 Å². The van der Waals surface area contributed by atoms with E-state index in [4.69, 9.17) is 0 Å². The van der Waals surface area contributed by atoms with Gasteiger partial charge in [-0.1, -0.05) is 50.5 Å². The maximum atomic E-state index is 3.90. The third-order valence-electron chi connectivity index (χ3n) is 4.96. The number of nitrogens with one attached hydrogen (secondary N) is 1. The van der Waals surface area contributed by atoms with E-state index in [-0.39, 0.29) is 0 Å². The van der Waals surface area contributed by atoms with Gasteiger partial charge in [0.15, 0.2) is 0 Å². The molecule has 1 heterocycles. The maximum absolute atomic E-state index is 3.90. The zero-order chi connectivity index (χ0) is 11.7. The van der Waals surface area contributed by atoms with Crippen molar-refractivity contribution >= 4 is 0 Å². The maximum Gasteiger partial charge on any atom is 0.0213 e. The lowest BCUT2D eigenvalue weighted by Gasteiger charge is -2.42. The Morgan fingerprint density at radius 3 is 2.53 bits per heavy atom. The Morgan fingerprint density at radius 1 is 1.06 bits per heavy atom. The van der Waals surface area contributed by atoms with Crippen LogP contribution in [0.2, 0.25) is 0 Å². The van der Waals surface area contributed by atoms with E-state index in [0.29, 0.717) is 5.54 Å². The summed E-state index contributed by atoms with van der Waals surface area (Å²) in [5.74, 6) is 0.770. The van der Waals surface area contributed by atoms with E-state index < -0.39 is 0 Å². The van der Waals surface area contributed by atoms with Crippen LogP contribution in [0.3, 0.4) is 0 Å². The molecule has 0 unspecified atom stereocenters. The highest BCUT2D eigenvalue weighted by molar-refractivity contribution is 5.29. The lowest BCUT2D eigenvalue weighted by molar-refractivity contribution is 0.158. The molecular formula is C16H23N. The first-order valence-electron chi connectivity index (χ1n) is 7.12. The SMILES string of the molecule is C[C@@H]1Cc2ccccc2CNC12CCCCC2. The number of hydrogen-bond acceptors (Lipinski definition) is 1. The van der Waals surface area contributed by atoms with Gasteiger partial charge in [-0.25, -0.2) is 0 Å². The minimum atomic E-state index is 0.428. The Hall–Kier alpha value is -0.820. The number of benzene rings is 1. The highest BCUT2D eigenvalue weighted by Gasteiger charge is 2.38. The highest BCUT2D eigenvalue weighted by atomic mass is 15.0. The third-order valence-corrected chi connectivity index (χ3v) is 4.96. The topological polar surface area (TPSA) is 12.0 Å². The summed E-state index contributed by atoms with van der Waals surface area (Å²) in [7, 11) is 0. The zero-order valence-corrected chi connectivity index (χ0v) is 10.8. The molecule has 0 saturated heterocycles. The summed E-state index contributed by atoms with van der Waals surface area (Å²) in [6.45, 7) is 3.51. The van der Waals surface area contributed by atoms with E-state index in [1.807, 2.05) is 0 Å². The highest BCUT2D eigenvalue weighted by Crippen LogP contribution is 2.38. The predicted molar refractivity (Wildman–Crippen MR) is 72.0 cm³/mol. The standard InChI is InChI=1S/C16H23N/c1-13-11-14-7-3-4-8-15(14)12-17-16(13)9-5-2-6-10-16/h3-4,7-8,13,17H,2,5-6,9-12H2,1H3/t13-/m1/s1. The largest absolute Gasteiger partial charge is 0.307 e. The van der Waals surface area contributed by atoms with Crippen molar-refractivity contribution in [3.8, 4) is 0 Å². The first kappa shape index (κ1) is 11.3. The first-order valence-corrected chi connectivity index (χ1v) is 7.12. The molecule has 1 nitrogen and oxygen atoms in total.